The van der Waals surface area contributed by atoms with E-state index in [9.17, 15) is 14.7 Å². The Hall–Kier alpha value is -3.65. The van der Waals surface area contributed by atoms with Crippen LogP contribution in [0.2, 0.25) is 0 Å². The van der Waals surface area contributed by atoms with Gasteiger partial charge in [-0.15, -0.1) is 0 Å². The number of aliphatic carboxylic acids is 1. The zero-order valence-corrected chi connectivity index (χ0v) is 21.6. The van der Waals surface area contributed by atoms with Gasteiger partial charge in [-0.05, 0) is 48.6 Å². The summed E-state index contributed by atoms with van der Waals surface area (Å²) in [5.74, 6) is -0.401. The quantitative estimate of drug-likeness (QED) is 0.523. The molecule has 1 unspecified atom stereocenters. The summed E-state index contributed by atoms with van der Waals surface area (Å²) in [6, 6.07) is 6.39. The van der Waals surface area contributed by atoms with Gasteiger partial charge in [0.25, 0.3) is 5.91 Å². The standard InChI is InChI=1S/C30H34N2O6/c1-36-26-12-11-22-18-32(29(33)27(21-7-3-2-4-8-21)38-23-9-5-6-10-23)25(30(34)35)17-24(22)28(26)37-19-20-13-15-31-16-14-20/h2-4,7,11-16,21,23,25,27H,5-6,8-10,17-19H2,1H3,(H,34,35)/t21?,25-,27-/m0/s1. The molecule has 1 saturated carbocycles. The number of hydrogen-bond acceptors (Lipinski definition) is 6. The van der Waals surface area contributed by atoms with E-state index in [1.54, 1.807) is 19.5 Å². The molecule has 8 nitrogen and oxygen atoms in total. The number of aromatic nitrogens is 1. The molecule has 1 N–H and O–H groups in total. The summed E-state index contributed by atoms with van der Waals surface area (Å²) < 4.78 is 18.2. The summed E-state index contributed by atoms with van der Waals surface area (Å²) in [6.07, 6.45) is 15.5. The van der Waals surface area contributed by atoms with Crippen molar-refractivity contribution in [2.45, 2.75) is 69.9 Å². The van der Waals surface area contributed by atoms with Gasteiger partial charge >= 0.3 is 5.97 Å². The van der Waals surface area contributed by atoms with Crippen LogP contribution < -0.4 is 9.47 Å². The van der Waals surface area contributed by atoms with E-state index >= 15 is 0 Å². The van der Waals surface area contributed by atoms with Crippen molar-refractivity contribution in [3.63, 3.8) is 0 Å². The van der Waals surface area contributed by atoms with Crippen molar-refractivity contribution in [3.05, 3.63) is 77.7 Å². The first-order chi connectivity index (χ1) is 18.5. The number of allylic oxidation sites excluding steroid dienone is 3. The second kappa shape index (κ2) is 11.8. The third-order valence-electron chi connectivity index (χ3n) is 7.64. The third kappa shape index (κ3) is 5.60. The Morgan fingerprint density at radius 2 is 1.92 bits per heavy atom. The molecule has 8 heteroatoms. The van der Waals surface area contributed by atoms with Gasteiger partial charge in [-0.1, -0.05) is 43.2 Å². The highest BCUT2D eigenvalue weighted by Crippen LogP contribution is 2.39. The molecule has 38 heavy (non-hydrogen) atoms. The molecule has 2 aromatic rings. The maximum Gasteiger partial charge on any atom is 0.326 e. The number of nitrogens with zero attached hydrogens (tertiary/aromatic N) is 2. The average Bonchev–Trinajstić information content (AvgIpc) is 3.48. The lowest BCUT2D eigenvalue weighted by Gasteiger charge is -2.39. The Kier molecular flexibility index (Phi) is 8.08. The Morgan fingerprint density at radius 1 is 1.13 bits per heavy atom. The number of ether oxygens (including phenoxy) is 3. The minimum atomic E-state index is -1.05. The lowest BCUT2D eigenvalue weighted by molar-refractivity contribution is -0.162. The number of carbonyl (C=O) groups is 2. The Balaban J connectivity index is 1.44. The molecule has 3 atom stereocenters. The molecule has 0 spiro atoms. The highest BCUT2D eigenvalue weighted by atomic mass is 16.5. The van der Waals surface area contributed by atoms with E-state index in [2.05, 4.69) is 4.98 Å². The predicted molar refractivity (Wildman–Crippen MR) is 141 cm³/mol. The van der Waals surface area contributed by atoms with Gasteiger partial charge in [-0.25, -0.2) is 4.79 Å². The zero-order chi connectivity index (χ0) is 26.5. The van der Waals surface area contributed by atoms with Crippen LogP contribution in [0.5, 0.6) is 11.5 Å². The van der Waals surface area contributed by atoms with Gasteiger partial charge < -0.3 is 24.2 Å². The highest BCUT2D eigenvalue weighted by Gasteiger charge is 2.42. The third-order valence-corrected chi connectivity index (χ3v) is 7.64. The smallest absolute Gasteiger partial charge is 0.326 e. The molecule has 1 aromatic heterocycles. The van der Waals surface area contributed by atoms with Crippen LogP contribution in [0.3, 0.4) is 0 Å². The van der Waals surface area contributed by atoms with Gasteiger partial charge in [0.1, 0.15) is 18.8 Å². The first-order valence-corrected chi connectivity index (χ1v) is 13.3. The largest absolute Gasteiger partial charge is 0.493 e. The lowest BCUT2D eigenvalue weighted by Crippen LogP contribution is -2.54. The van der Waals surface area contributed by atoms with Gasteiger partial charge in [0.15, 0.2) is 11.5 Å². The normalized spacial score (nSPS) is 21.7. The van der Waals surface area contributed by atoms with Gasteiger partial charge in [0.2, 0.25) is 0 Å². The maximum absolute atomic E-state index is 14.0. The summed E-state index contributed by atoms with van der Waals surface area (Å²) in [6.45, 7) is 0.450. The van der Waals surface area contributed by atoms with Crippen molar-refractivity contribution in [1.29, 1.82) is 0 Å². The summed E-state index contributed by atoms with van der Waals surface area (Å²) in [7, 11) is 1.56. The number of amides is 1. The summed E-state index contributed by atoms with van der Waals surface area (Å²) >= 11 is 0. The minimum absolute atomic E-state index is 0.0288. The SMILES string of the molecule is COc1ccc2c(c1OCc1ccncc1)C[C@@H](C(=O)O)N(C(=O)[C@@H](OC1CCCC1)C1C=CC=CC1)C2. The molecular formula is C30H34N2O6. The fourth-order valence-corrected chi connectivity index (χ4v) is 5.58. The number of carboxylic acid groups (broad SMARTS) is 1. The summed E-state index contributed by atoms with van der Waals surface area (Å²) in [5, 5.41) is 10.2. The number of hydrogen-bond donors (Lipinski definition) is 1. The van der Waals surface area contributed by atoms with E-state index < -0.39 is 18.1 Å². The number of rotatable bonds is 9. The van der Waals surface area contributed by atoms with Gasteiger partial charge in [0.05, 0.1) is 13.2 Å². The van der Waals surface area contributed by atoms with Crippen molar-refractivity contribution < 1.29 is 28.9 Å². The number of carboxylic acids is 1. The van der Waals surface area contributed by atoms with Gasteiger partial charge in [0, 0.05) is 36.8 Å². The van der Waals surface area contributed by atoms with Crippen LogP contribution >= 0.6 is 0 Å². The Morgan fingerprint density at radius 3 is 2.61 bits per heavy atom. The average molecular weight is 519 g/mol. The van der Waals surface area contributed by atoms with Crippen molar-refractivity contribution in [2.75, 3.05) is 7.11 Å². The Bertz CT molecular complexity index is 1200. The van der Waals surface area contributed by atoms with E-state index in [0.29, 0.717) is 17.9 Å². The summed E-state index contributed by atoms with van der Waals surface area (Å²) in [4.78, 5) is 32.1. The fraction of sp³-hybridized carbons (Fsp3) is 0.433. The van der Waals surface area contributed by atoms with Gasteiger partial charge in [-0.3, -0.25) is 9.78 Å². The van der Waals surface area contributed by atoms with Crippen LogP contribution in [0.1, 0.15) is 48.8 Å². The molecule has 2 aliphatic carbocycles. The minimum Gasteiger partial charge on any atom is -0.493 e. The van der Waals surface area contributed by atoms with Crippen LogP contribution in [-0.4, -0.2) is 52.2 Å². The van der Waals surface area contributed by atoms with Crippen LogP contribution in [-0.2, 0) is 33.9 Å². The van der Waals surface area contributed by atoms with Crippen LogP contribution in [0.25, 0.3) is 0 Å². The second-order valence-corrected chi connectivity index (χ2v) is 10.1. The number of pyridine rings is 1. The molecule has 3 aliphatic rings. The molecule has 200 valence electrons. The molecule has 2 heterocycles. The molecule has 1 aliphatic heterocycles. The monoisotopic (exact) mass is 518 g/mol. The molecule has 1 aromatic carbocycles. The van der Waals surface area contributed by atoms with E-state index in [1.807, 2.05) is 48.6 Å². The van der Waals surface area contributed by atoms with Crippen LogP contribution in [0.15, 0.2) is 61.0 Å². The van der Waals surface area contributed by atoms with Crippen molar-refractivity contribution >= 4 is 11.9 Å². The molecule has 1 fully saturated rings. The number of benzene rings is 1. The van der Waals surface area contributed by atoms with Crippen molar-refractivity contribution in [3.8, 4) is 11.5 Å². The van der Waals surface area contributed by atoms with Crippen LogP contribution in [0.4, 0.5) is 0 Å². The second-order valence-electron chi connectivity index (χ2n) is 10.1. The van der Waals surface area contributed by atoms with E-state index in [0.717, 1.165) is 42.4 Å². The van der Waals surface area contributed by atoms with Crippen molar-refractivity contribution in [1.82, 2.24) is 9.88 Å². The molecule has 0 saturated heterocycles. The van der Waals surface area contributed by atoms with Crippen molar-refractivity contribution in [2.24, 2.45) is 5.92 Å². The van der Waals surface area contributed by atoms with Crippen LogP contribution in [0, 0.1) is 5.92 Å². The molecule has 0 bridgehead atoms. The van der Waals surface area contributed by atoms with E-state index in [1.165, 1.54) is 4.90 Å². The maximum atomic E-state index is 14.0. The molecular weight excluding hydrogens is 484 g/mol. The zero-order valence-electron chi connectivity index (χ0n) is 21.6. The lowest BCUT2D eigenvalue weighted by atomic mass is 9.89. The van der Waals surface area contributed by atoms with Gasteiger partial charge in [-0.2, -0.15) is 0 Å². The van der Waals surface area contributed by atoms with E-state index in [-0.39, 0.29) is 37.5 Å². The highest BCUT2D eigenvalue weighted by molar-refractivity contribution is 5.88. The predicted octanol–water partition coefficient (Wildman–Crippen LogP) is 4.47. The topological polar surface area (TPSA) is 98.2 Å². The fourth-order valence-electron chi connectivity index (χ4n) is 5.58. The summed E-state index contributed by atoms with van der Waals surface area (Å²) in [5.41, 5.74) is 2.53. The molecule has 1 amide bonds. The number of carbonyl (C=O) groups excluding carboxylic acids is 1. The molecule has 0 radical (unpaired) electrons. The first-order valence-electron chi connectivity index (χ1n) is 13.3. The first kappa shape index (κ1) is 26.0. The number of fused-ring (bicyclic) bond motifs is 1. The van der Waals surface area contributed by atoms with E-state index in [4.69, 9.17) is 14.2 Å². The Labute approximate surface area is 222 Å². The molecule has 5 rings (SSSR count). The number of methoxy groups -OCH3 is 1.